The number of amides is 1. The predicted molar refractivity (Wildman–Crippen MR) is 102 cm³/mol. The van der Waals surface area contributed by atoms with E-state index in [1.54, 1.807) is 47.2 Å². The quantitative estimate of drug-likeness (QED) is 0.515. The molecule has 9 nitrogen and oxygen atoms in total. The van der Waals surface area contributed by atoms with Crippen molar-refractivity contribution in [2.75, 3.05) is 5.32 Å². The third-order valence-electron chi connectivity index (χ3n) is 3.98. The highest BCUT2D eigenvalue weighted by atomic mass is 16.6. The lowest BCUT2D eigenvalue weighted by Gasteiger charge is -2.09. The normalized spacial score (nSPS) is 10.4. The predicted octanol–water partition coefficient (Wildman–Crippen LogP) is 1.61. The molecule has 0 unspecified atom stereocenters. The summed E-state index contributed by atoms with van der Waals surface area (Å²) in [5, 5.41) is 13.4. The summed E-state index contributed by atoms with van der Waals surface area (Å²) in [6, 6.07) is 14.0. The number of benzene rings is 1. The maximum Gasteiger partial charge on any atom is 0.285 e. The number of pyridine rings is 2. The zero-order chi connectivity index (χ0) is 20.1. The van der Waals surface area contributed by atoms with E-state index in [4.69, 9.17) is 0 Å². The van der Waals surface area contributed by atoms with Crippen molar-refractivity contribution < 1.29 is 9.72 Å². The summed E-state index contributed by atoms with van der Waals surface area (Å²) in [5.74, 6) is -0.491. The maximum absolute atomic E-state index is 12.1. The molecule has 0 spiro atoms. The summed E-state index contributed by atoms with van der Waals surface area (Å²) in [7, 11) is 0. The van der Waals surface area contributed by atoms with E-state index in [1.807, 2.05) is 0 Å². The topological polar surface area (TPSA) is 116 Å². The van der Waals surface area contributed by atoms with Crippen LogP contribution in [0.5, 0.6) is 0 Å². The second-order valence-electron chi connectivity index (χ2n) is 6.02. The van der Waals surface area contributed by atoms with Gasteiger partial charge in [0, 0.05) is 30.1 Å². The summed E-state index contributed by atoms with van der Waals surface area (Å²) < 4.78 is 2.53. The Morgan fingerprint density at radius 1 is 0.964 bits per heavy atom. The van der Waals surface area contributed by atoms with Gasteiger partial charge in [-0.1, -0.05) is 18.2 Å². The number of nitrogens with one attached hydrogen (secondary N) is 1. The van der Waals surface area contributed by atoms with Crippen LogP contribution in [-0.2, 0) is 17.9 Å². The molecule has 0 aliphatic rings. The zero-order valence-corrected chi connectivity index (χ0v) is 14.6. The number of aromatic nitrogens is 2. The van der Waals surface area contributed by atoms with E-state index in [9.17, 15) is 24.5 Å². The Morgan fingerprint density at radius 2 is 1.68 bits per heavy atom. The molecule has 0 aliphatic carbocycles. The van der Waals surface area contributed by atoms with Crippen molar-refractivity contribution in [3.63, 3.8) is 0 Å². The molecular formula is C19H16N4O5. The molecule has 0 saturated carbocycles. The SMILES string of the molecule is O=C(Cn1cc([N+](=O)[O-])ccc1=O)Nc1ccc(Cn2ccccc2=O)cc1. The molecule has 0 radical (unpaired) electrons. The molecule has 1 aromatic carbocycles. The molecular weight excluding hydrogens is 364 g/mol. The molecule has 3 aromatic rings. The van der Waals surface area contributed by atoms with Gasteiger partial charge in [0.1, 0.15) is 6.54 Å². The van der Waals surface area contributed by atoms with Gasteiger partial charge >= 0.3 is 0 Å². The molecule has 2 heterocycles. The van der Waals surface area contributed by atoms with Crippen molar-refractivity contribution in [2.24, 2.45) is 0 Å². The van der Waals surface area contributed by atoms with Crippen molar-refractivity contribution >= 4 is 17.3 Å². The first-order valence-corrected chi connectivity index (χ1v) is 8.31. The highest BCUT2D eigenvalue weighted by Gasteiger charge is 2.11. The lowest BCUT2D eigenvalue weighted by molar-refractivity contribution is -0.385. The standard InChI is InChI=1S/C19H16N4O5/c24-17(13-22-12-16(23(27)28)8-9-19(22)26)20-15-6-4-14(5-7-15)11-21-10-2-1-3-18(21)25/h1-10,12H,11,13H2,(H,20,24). The van der Waals surface area contributed by atoms with Crippen molar-refractivity contribution in [3.05, 3.63) is 103 Å². The van der Waals surface area contributed by atoms with Crippen molar-refractivity contribution in [1.82, 2.24) is 9.13 Å². The molecule has 9 heteroatoms. The number of carbonyl (C=O) groups is 1. The van der Waals surface area contributed by atoms with Crippen LogP contribution in [0.1, 0.15) is 5.56 Å². The molecule has 0 bridgehead atoms. The van der Waals surface area contributed by atoms with Gasteiger partial charge in [0.15, 0.2) is 0 Å². The van der Waals surface area contributed by atoms with Crippen LogP contribution in [0.4, 0.5) is 11.4 Å². The molecule has 0 saturated heterocycles. The Bertz CT molecular complexity index is 1130. The van der Waals surface area contributed by atoms with Gasteiger partial charge < -0.3 is 9.88 Å². The molecule has 0 fully saturated rings. The molecule has 3 rings (SSSR count). The van der Waals surface area contributed by atoms with Gasteiger partial charge in [-0.25, -0.2) is 0 Å². The van der Waals surface area contributed by atoms with Gasteiger partial charge in [-0.2, -0.15) is 0 Å². The van der Waals surface area contributed by atoms with Crippen molar-refractivity contribution in [3.8, 4) is 0 Å². The Morgan fingerprint density at radius 3 is 2.36 bits per heavy atom. The molecule has 0 atom stereocenters. The van der Waals surface area contributed by atoms with Gasteiger partial charge in [0.25, 0.3) is 16.8 Å². The molecule has 0 aliphatic heterocycles. The van der Waals surface area contributed by atoms with Gasteiger partial charge in [-0.15, -0.1) is 0 Å². The highest BCUT2D eigenvalue weighted by molar-refractivity contribution is 5.90. The zero-order valence-electron chi connectivity index (χ0n) is 14.6. The van der Waals surface area contributed by atoms with Crippen molar-refractivity contribution in [1.29, 1.82) is 0 Å². The minimum absolute atomic E-state index is 0.109. The third-order valence-corrected chi connectivity index (χ3v) is 3.98. The second kappa shape index (κ2) is 8.12. The monoisotopic (exact) mass is 380 g/mol. The van der Waals surface area contributed by atoms with E-state index in [1.165, 1.54) is 6.07 Å². The Kier molecular flexibility index (Phi) is 5.45. The van der Waals surface area contributed by atoms with E-state index in [0.29, 0.717) is 12.2 Å². The fraction of sp³-hybridized carbons (Fsp3) is 0.105. The lowest BCUT2D eigenvalue weighted by Crippen LogP contribution is -2.27. The smallest absolute Gasteiger partial charge is 0.285 e. The van der Waals surface area contributed by atoms with Gasteiger partial charge in [0.2, 0.25) is 5.91 Å². The van der Waals surface area contributed by atoms with Crippen LogP contribution in [0.3, 0.4) is 0 Å². The van der Waals surface area contributed by atoms with Gasteiger partial charge in [-0.3, -0.25) is 29.1 Å². The number of nitro groups is 1. The minimum atomic E-state index is -0.634. The first-order chi connectivity index (χ1) is 13.4. The van der Waals surface area contributed by atoms with E-state index in [0.717, 1.165) is 28.5 Å². The first kappa shape index (κ1) is 18.8. The number of nitrogens with zero attached hydrogens (tertiary/aromatic N) is 3. The van der Waals surface area contributed by atoms with Crippen LogP contribution in [0, 0.1) is 10.1 Å². The summed E-state index contributed by atoms with van der Waals surface area (Å²) in [6.45, 7) is 0.0542. The third kappa shape index (κ3) is 4.58. The number of anilines is 1. The van der Waals surface area contributed by atoms with Crippen LogP contribution >= 0.6 is 0 Å². The molecule has 1 amide bonds. The number of carbonyl (C=O) groups excluding carboxylic acids is 1. The summed E-state index contributed by atoms with van der Waals surface area (Å²) in [6.07, 6.45) is 2.72. The number of hydrogen-bond acceptors (Lipinski definition) is 5. The van der Waals surface area contributed by atoms with Crippen LogP contribution < -0.4 is 16.4 Å². The average Bonchev–Trinajstić information content (AvgIpc) is 2.66. The summed E-state index contributed by atoms with van der Waals surface area (Å²) in [5.41, 5.74) is 0.494. The fourth-order valence-corrected chi connectivity index (χ4v) is 2.59. The second-order valence-corrected chi connectivity index (χ2v) is 6.02. The highest BCUT2D eigenvalue weighted by Crippen LogP contribution is 2.11. The molecule has 1 N–H and O–H groups in total. The number of rotatable bonds is 6. The van der Waals surface area contributed by atoms with Crippen molar-refractivity contribution in [2.45, 2.75) is 13.1 Å². The van der Waals surface area contributed by atoms with E-state index in [-0.39, 0.29) is 17.8 Å². The van der Waals surface area contributed by atoms with E-state index in [2.05, 4.69) is 5.32 Å². The van der Waals surface area contributed by atoms with Crippen LogP contribution in [0.25, 0.3) is 0 Å². The fourth-order valence-electron chi connectivity index (χ4n) is 2.59. The molecule has 2 aromatic heterocycles. The van der Waals surface area contributed by atoms with Crippen LogP contribution in [-0.4, -0.2) is 20.0 Å². The first-order valence-electron chi connectivity index (χ1n) is 8.31. The Balaban J connectivity index is 1.66. The summed E-state index contributed by atoms with van der Waals surface area (Å²) >= 11 is 0. The lowest BCUT2D eigenvalue weighted by atomic mass is 10.2. The Hall–Kier alpha value is -4.01. The number of hydrogen-bond donors (Lipinski definition) is 1. The van der Waals surface area contributed by atoms with Crippen LogP contribution in [0.2, 0.25) is 0 Å². The molecule has 28 heavy (non-hydrogen) atoms. The van der Waals surface area contributed by atoms with E-state index >= 15 is 0 Å². The minimum Gasteiger partial charge on any atom is -0.325 e. The Labute approximate surface area is 158 Å². The van der Waals surface area contributed by atoms with Gasteiger partial charge in [0.05, 0.1) is 17.7 Å². The van der Waals surface area contributed by atoms with E-state index < -0.39 is 16.4 Å². The van der Waals surface area contributed by atoms with Gasteiger partial charge in [-0.05, 0) is 23.8 Å². The largest absolute Gasteiger partial charge is 0.325 e. The summed E-state index contributed by atoms with van der Waals surface area (Å²) in [4.78, 5) is 45.8. The van der Waals surface area contributed by atoms with Crippen LogP contribution in [0.15, 0.2) is 76.6 Å². The molecule has 142 valence electrons. The average molecular weight is 380 g/mol. The maximum atomic E-state index is 12.1.